The average molecular weight is 350 g/mol. The van der Waals surface area contributed by atoms with Gasteiger partial charge in [-0.25, -0.2) is 0 Å². The molecule has 1 atom stereocenters. The second-order valence-electron chi connectivity index (χ2n) is 5.71. The first kappa shape index (κ1) is 17.4. The van der Waals surface area contributed by atoms with Crippen molar-refractivity contribution >= 4 is 12.0 Å². The third-order valence-corrected chi connectivity index (χ3v) is 3.99. The lowest BCUT2D eigenvalue weighted by Gasteiger charge is -2.24. The molecule has 0 aliphatic carbocycles. The number of benzene rings is 1. The van der Waals surface area contributed by atoms with Crippen LogP contribution in [0.4, 0.5) is 0 Å². The fourth-order valence-electron chi connectivity index (χ4n) is 2.63. The van der Waals surface area contributed by atoms with Gasteiger partial charge in [0, 0.05) is 5.56 Å². The van der Waals surface area contributed by atoms with E-state index in [0.29, 0.717) is 17.3 Å². The van der Waals surface area contributed by atoms with Gasteiger partial charge in [-0.15, -0.1) is 0 Å². The molecule has 1 N–H and O–H groups in total. The predicted octanol–water partition coefficient (Wildman–Crippen LogP) is 3.22. The first-order valence-electron chi connectivity index (χ1n) is 8.10. The number of amides is 1. The maximum atomic E-state index is 12.3. The molecule has 1 aromatic carbocycles. The molecule has 2 heterocycles. The van der Waals surface area contributed by atoms with E-state index in [1.165, 1.54) is 6.26 Å². The number of rotatable bonds is 5. The Morgan fingerprint density at radius 3 is 2.92 bits per heavy atom. The maximum absolute atomic E-state index is 12.3. The molecule has 3 rings (SSSR count). The lowest BCUT2D eigenvalue weighted by Crippen LogP contribution is -2.25. The van der Waals surface area contributed by atoms with Crippen molar-refractivity contribution in [3.05, 3.63) is 65.1 Å². The topological polar surface area (TPSA) is 84.5 Å². The predicted molar refractivity (Wildman–Crippen MR) is 95.3 cm³/mol. The lowest BCUT2D eigenvalue weighted by atomic mass is 10.00. The summed E-state index contributed by atoms with van der Waals surface area (Å²) in [6.07, 6.45) is 4.65. The largest absolute Gasteiger partial charge is 0.493 e. The molecule has 0 bridgehead atoms. The summed E-state index contributed by atoms with van der Waals surface area (Å²) in [5.41, 5.74) is 1.57. The Hall–Kier alpha value is -3.46. The second-order valence-corrected chi connectivity index (χ2v) is 5.71. The van der Waals surface area contributed by atoms with Crippen LogP contribution in [-0.4, -0.2) is 19.1 Å². The molecular weight excluding hydrogens is 332 g/mol. The number of para-hydroxylation sites is 1. The standard InChI is InChI=1S/C20H18N2O4/c1-13-15(9-14-5-3-7-18(24-2)19(14)26-13)10-16(11-21)20(23)22-12-17-6-4-8-25-17/h3-10,13H,12H2,1-2H3,(H,22,23)/b16-10-. The van der Waals surface area contributed by atoms with Gasteiger partial charge in [0.2, 0.25) is 0 Å². The minimum absolute atomic E-state index is 0.00426. The Kier molecular flexibility index (Phi) is 5.09. The van der Waals surface area contributed by atoms with Crippen molar-refractivity contribution in [3.8, 4) is 17.6 Å². The SMILES string of the molecule is COc1cccc2c1OC(C)C(/C=C(/C#N)C(=O)NCc1ccco1)=C2. The first-order chi connectivity index (χ1) is 12.6. The van der Waals surface area contributed by atoms with Gasteiger partial charge in [0.1, 0.15) is 23.5 Å². The lowest BCUT2D eigenvalue weighted by molar-refractivity contribution is -0.117. The van der Waals surface area contributed by atoms with Crippen molar-refractivity contribution < 1.29 is 18.7 Å². The van der Waals surface area contributed by atoms with E-state index in [0.717, 1.165) is 11.1 Å². The molecule has 26 heavy (non-hydrogen) atoms. The fraction of sp³-hybridized carbons (Fsp3) is 0.200. The monoisotopic (exact) mass is 350 g/mol. The third kappa shape index (κ3) is 3.62. The van der Waals surface area contributed by atoms with Gasteiger partial charge >= 0.3 is 0 Å². The molecule has 0 saturated heterocycles. The van der Waals surface area contributed by atoms with Crippen molar-refractivity contribution in [1.82, 2.24) is 5.32 Å². The van der Waals surface area contributed by atoms with E-state index in [1.807, 2.05) is 37.3 Å². The van der Waals surface area contributed by atoms with Crippen LogP contribution in [0.25, 0.3) is 6.08 Å². The van der Waals surface area contributed by atoms with Crippen LogP contribution >= 0.6 is 0 Å². The van der Waals surface area contributed by atoms with Crippen LogP contribution in [0, 0.1) is 11.3 Å². The maximum Gasteiger partial charge on any atom is 0.262 e. The summed E-state index contributed by atoms with van der Waals surface area (Å²) in [4.78, 5) is 12.3. The molecule has 132 valence electrons. The minimum Gasteiger partial charge on any atom is -0.493 e. The summed E-state index contributed by atoms with van der Waals surface area (Å²) in [6.45, 7) is 2.07. The number of methoxy groups -OCH3 is 1. The summed E-state index contributed by atoms with van der Waals surface area (Å²) >= 11 is 0. The van der Waals surface area contributed by atoms with Crippen molar-refractivity contribution in [2.45, 2.75) is 19.6 Å². The molecule has 0 spiro atoms. The van der Waals surface area contributed by atoms with Gasteiger partial charge in [-0.3, -0.25) is 4.79 Å². The van der Waals surface area contributed by atoms with Gasteiger partial charge in [0.05, 0.1) is 19.9 Å². The molecule has 0 radical (unpaired) electrons. The molecule has 2 aromatic rings. The van der Waals surface area contributed by atoms with Crippen molar-refractivity contribution in [2.24, 2.45) is 0 Å². The van der Waals surface area contributed by atoms with Gasteiger partial charge < -0.3 is 19.2 Å². The number of ether oxygens (including phenoxy) is 2. The van der Waals surface area contributed by atoms with Crippen LogP contribution in [0.2, 0.25) is 0 Å². The molecule has 1 amide bonds. The molecule has 1 aromatic heterocycles. The number of carbonyl (C=O) groups excluding carboxylic acids is 1. The Morgan fingerprint density at radius 1 is 1.38 bits per heavy atom. The summed E-state index contributed by atoms with van der Waals surface area (Å²) in [6, 6.07) is 11.0. The van der Waals surface area contributed by atoms with Crippen LogP contribution in [0.5, 0.6) is 11.5 Å². The Labute approximate surface area is 151 Å². The van der Waals surface area contributed by atoms with E-state index in [1.54, 1.807) is 25.3 Å². The summed E-state index contributed by atoms with van der Waals surface area (Å²) in [5, 5.41) is 12.0. The number of nitrogens with zero attached hydrogens (tertiary/aromatic N) is 1. The van der Waals surface area contributed by atoms with E-state index >= 15 is 0 Å². The molecule has 0 saturated carbocycles. The number of nitriles is 1. The number of carbonyl (C=O) groups is 1. The fourth-order valence-corrected chi connectivity index (χ4v) is 2.63. The van der Waals surface area contributed by atoms with Crippen LogP contribution in [0.1, 0.15) is 18.2 Å². The zero-order chi connectivity index (χ0) is 18.5. The van der Waals surface area contributed by atoms with Crippen molar-refractivity contribution in [3.63, 3.8) is 0 Å². The van der Waals surface area contributed by atoms with E-state index in [9.17, 15) is 10.1 Å². The normalized spacial score (nSPS) is 16.0. The van der Waals surface area contributed by atoms with Gasteiger partial charge in [-0.05, 0) is 42.8 Å². The average Bonchev–Trinajstić information content (AvgIpc) is 3.17. The number of fused-ring (bicyclic) bond motifs is 1. The second kappa shape index (κ2) is 7.62. The molecule has 0 fully saturated rings. The summed E-state index contributed by atoms with van der Waals surface area (Å²) < 4.78 is 16.4. The number of hydrogen-bond donors (Lipinski definition) is 1. The van der Waals surface area contributed by atoms with E-state index < -0.39 is 5.91 Å². The third-order valence-electron chi connectivity index (χ3n) is 3.99. The molecule has 1 aliphatic heterocycles. The molecule has 6 heteroatoms. The van der Waals surface area contributed by atoms with Gasteiger partial charge in [-0.1, -0.05) is 12.1 Å². The highest BCUT2D eigenvalue weighted by atomic mass is 16.5. The van der Waals surface area contributed by atoms with Crippen LogP contribution in [0.15, 0.2) is 58.2 Å². The van der Waals surface area contributed by atoms with Crippen LogP contribution in [0.3, 0.4) is 0 Å². The van der Waals surface area contributed by atoms with Gasteiger partial charge in [0.25, 0.3) is 5.91 Å². The zero-order valence-corrected chi connectivity index (χ0v) is 14.5. The van der Waals surface area contributed by atoms with Gasteiger partial charge in [0.15, 0.2) is 11.5 Å². The highest BCUT2D eigenvalue weighted by molar-refractivity contribution is 5.98. The van der Waals surface area contributed by atoms with Crippen LogP contribution < -0.4 is 14.8 Å². The van der Waals surface area contributed by atoms with E-state index in [-0.39, 0.29) is 18.2 Å². The van der Waals surface area contributed by atoms with Crippen molar-refractivity contribution in [1.29, 1.82) is 5.26 Å². The Morgan fingerprint density at radius 2 is 2.23 bits per heavy atom. The molecular formula is C20H18N2O4. The number of nitrogens with one attached hydrogen (secondary N) is 1. The minimum atomic E-state index is -0.464. The number of hydrogen-bond acceptors (Lipinski definition) is 5. The molecule has 1 unspecified atom stereocenters. The molecule has 6 nitrogen and oxygen atoms in total. The van der Waals surface area contributed by atoms with E-state index in [2.05, 4.69) is 5.32 Å². The number of furan rings is 1. The van der Waals surface area contributed by atoms with Crippen molar-refractivity contribution in [2.75, 3.05) is 7.11 Å². The van der Waals surface area contributed by atoms with E-state index in [4.69, 9.17) is 13.9 Å². The summed E-state index contributed by atoms with van der Waals surface area (Å²) in [5.74, 6) is 1.45. The Bertz CT molecular complexity index is 904. The first-order valence-corrected chi connectivity index (χ1v) is 8.10. The Balaban J connectivity index is 1.82. The highest BCUT2D eigenvalue weighted by Gasteiger charge is 2.22. The highest BCUT2D eigenvalue weighted by Crippen LogP contribution is 2.38. The van der Waals surface area contributed by atoms with Gasteiger partial charge in [-0.2, -0.15) is 5.26 Å². The van der Waals surface area contributed by atoms with Crippen LogP contribution in [-0.2, 0) is 11.3 Å². The zero-order valence-electron chi connectivity index (χ0n) is 14.5. The molecule has 1 aliphatic rings. The quantitative estimate of drug-likeness (QED) is 0.661. The smallest absolute Gasteiger partial charge is 0.262 e. The summed E-state index contributed by atoms with van der Waals surface area (Å²) in [7, 11) is 1.58.